The molecule has 0 bridgehead atoms. The number of nitrogens with zero attached hydrogens (tertiary/aromatic N) is 2. The van der Waals surface area contributed by atoms with Crippen LogP contribution in [0.3, 0.4) is 0 Å². The van der Waals surface area contributed by atoms with Crippen molar-refractivity contribution in [3.63, 3.8) is 0 Å². The molecule has 0 amide bonds. The van der Waals surface area contributed by atoms with Gasteiger partial charge in [0.2, 0.25) is 0 Å². The van der Waals surface area contributed by atoms with Crippen LogP contribution in [0.1, 0.15) is 37.8 Å². The zero-order chi connectivity index (χ0) is 16.4. The van der Waals surface area contributed by atoms with Crippen molar-refractivity contribution in [1.82, 2.24) is 4.57 Å². The van der Waals surface area contributed by atoms with Gasteiger partial charge in [0, 0.05) is 17.8 Å². The van der Waals surface area contributed by atoms with Crippen molar-refractivity contribution in [3.8, 4) is 11.8 Å². The van der Waals surface area contributed by atoms with E-state index in [0.717, 1.165) is 24.1 Å². The molecule has 0 radical (unpaired) electrons. The summed E-state index contributed by atoms with van der Waals surface area (Å²) in [7, 11) is 0. The van der Waals surface area contributed by atoms with Crippen molar-refractivity contribution >= 4 is 5.70 Å². The Hall–Kier alpha value is -2.80. The van der Waals surface area contributed by atoms with E-state index in [9.17, 15) is 4.79 Å². The maximum Gasteiger partial charge on any atom is 0.255 e. The standard InChI is InChI=1S/C19H18N2O2/c1-3-19(4-2)12-16(21-10-6-5-7-18(21)22)15-11-14(13-20)8-9-17(15)23-19/h5-12H,3-4H2,1-2H3. The minimum atomic E-state index is -0.439. The van der Waals surface area contributed by atoms with Gasteiger partial charge in [0.1, 0.15) is 11.4 Å². The second kappa shape index (κ2) is 5.77. The Morgan fingerprint density at radius 3 is 2.65 bits per heavy atom. The van der Waals surface area contributed by atoms with E-state index in [4.69, 9.17) is 10.00 Å². The topological polar surface area (TPSA) is 55.0 Å². The average molecular weight is 306 g/mol. The molecule has 116 valence electrons. The molecule has 0 unspecified atom stereocenters. The fourth-order valence-electron chi connectivity index (χ4n) is 2.89. The molecule has 0 atom stereocenters. The van der Waals surface area contributed by atoms with E-state index in [1.807, 2.05) is 18.2 Å². The van der Waals surface area contributed by atoms with Crippen molar-refractivity contribution in [2.24, 2.45) is 0 Å². The molecule has 1 aliphatic heterocycles. The van der Waals surface area contributed by atoms with Gasteiger partial charge in [0.15, 0.2) is 0 Å². The van der Waals surface area contributed by atoms with Crippen LogP contribution in [-0.4, -0.2) is 10.2 Å². The number of fused-ring (bicyclic) bond motifs is 1. The molecule has 0 saturated heterocycles. The number of ether oxygens (including phenoxy) is 1. The van der Waals surface area contributed by atoms with Crippen molar-refractivity contribution in [1.29, 1.82) is 5.26 Å². The lowest BCUT2D eigenvalue weighted by Gasteiger charge is -2.36. The monoisotopic (exact) mass is 306 g/mol. The van der Waals surface area contributed by atoms with Crippen LogP contribution < -0.4 is 10.3 Å². The highest BCUT2D eigenvalue weighted by Crippen LogP contribution is 2.39. The van der Waals surface area contributed by atoms with Gasteiger partial charge in [0.25, 0.3) is 5.56 Å². The second-order valence-corrected chi connectivity index (χ2v) is 5.64. The van der Waals surface area contributed by atoms with Crippen LogP contribution >= 0.6 is 0 Å². The maximum absolute atomic E-state index is 12.3. The third-order valence-corrected chi connectivity index (χ3v) is 4.38. The van der Waals surface area contributed by atoms with E-state index in [-0.39, 0.29) is 5.56 Å². The minimum absolute atomic E-state index is 0.102. The van der Waals surface area contributed by atoms with Crippen molar-refractivity contribution in [2.75, 3.05) is 0 Å². The molecule has 2 heterocycles. The Labute approximate surface area is 135 Å². The highest BCUT2D eigenvalue weighted by molar-refractivity contribution is 5.74. The van der Waals surface area contributed by atoms with Gasteiger partial charge in [-0.05, 0) is 43.2 Å². The van der Waals surface area contributed by atoms with Gasteiger partial charge < -0.3 is 4.74 Å². The molecule has 0 spiro atoms. The quantitative estimate of drug-likeness (QED) is 0.871. The van der Waals surface area contributed by atoms with Gasteiger partial charge in [-0.2, -0.15) is 5.26 Å². The molecular weight excluding hydrogens is 288 g/mol. The predicted molar refractivity (Wildman–Crippen MR) is 89.2 cm³/mol. The summed E-state index contributed by atoms with van der Waals surface area (Å²) in [6, 6.07) is 12.5. The number of rotatable bonds is 3. The zero-order valence-corrected chi connectivity index (χ0v) is 13.2. The molecule has 4 heteroatoms. The van der Waals surface area contributed by atoms with Crippen LogP contribution in [0.25, 0.3) is 5.70 Å². The normalized spacial score (nSPS) is 15.1. The Balaban J connectivity index is 2.29. The highest BCUT2D eigenvalue weighted by atomic mass is 16.5. The lowest BCUT2D eigenvalue weighted by molar-refractivity contribution is 0.107. The number of hydrogen-bond acceptors (Lipinski definition) is 3. The van der Waals surface area contributed by atoms with E-state index >= 15 is 0 Å². The Morgan fingerprint density at radius 2 is 2.00 bits per heavy atom. The van der Waals surface area contributed by atoms with E-state index < -0.39 is 5.60 Å². The summed E-state index contributed by atoms with van der Waals surface area (Å²) < 4.78 is 7.82. The first-order valence-electron chi connectivity index (χ1n) is 7.77. The lowest BCUT2D eigenvalue weighted by Crippen LogP contribution is -2.36. The average Bonchev–Trinajstić information content (AvgIpc) is 2.61. The molecule has 4 nitrogen and oxygen atoms in total. The first kappa shape index (κ1) is 15.1. The Morgan fingerprint density at radius 1 is 1.22 bits per heavy atom. The number of pyridine rings is 1. The first-order chi connectivity index (χ1) is 11.1. The van der Waals surface area contributed by atoms with Crippen molar-refractivity contribution in [3.05, 3.63) is 70.2 Å². The summed E-state index contributed by atoms with van der Waals surface area (Å²) in [5, 5.41) is 9.17. The van der Waals surface area contributed by atoms with Gasteiger partial charge in [0.05, 0.1) is 17.3 Å². The van der Waals surface area contributed by atoms with E-state index in [1.54, 1.807) is 29.0 Å². The van der Waals surface area contributed by atoms with Crippen LogP contribution in [0.2, 0.25) is 0 Å². The van der Waals surface area contributed by atoms with Gasteiger partial charge >= 0.3 is 0 Å². The fourth-order valence-corrected chi connectivity index (χ4v) is 2.89. The van der Waals surface area contributed by atoms with Gasteiger partial charge in [-0.25, -0.2) is 0 Å². The fraction of sp³-hybridized carbons (Fsp3) is 0.263. The third-order valence-electron chi connectivity index (χ3n) is 4.38. The summed E-state index contributed by atoms with van der Waals surface area (Å²) >= 11 is 0. The number of aromatic nitrogens is 1. The molecular formula is C19H18N2O2. The number of hydrogen-bond donors (Lipinski definition) is 0. The highest BCUT2D eigenvalue weighted by Gasteiger charge is 2.33. The molecule has 1 aliphatic rings. The Kier molecular flexibility index (Phi) is 3.79. The lowest BCUT2D eigenvalue weighted by atomic mass is 9.90. The predicted octanol–water partition coefficient (Wildman–Crippen LogP) is 3.56. The number of nitriles is 1. The third kappa shape index (κ3) is 2.55. The molecule has 3 rings (SSSR count). The summed E-state index contributed by atoms with van der Waals surface area (Å²) in [5.74, 6) is 0.709. The molecule has 0 aliphatic carbocycles. The second-order valence-electron chi connectivity index (χ2n) is 5.64. The van der Waals surface area contributed by atoms with Crippen molar-refractivity contribution in [2.45, 2.75) is 32.3 Å². The largest absolute Gasteiger partial charge is 0.482 e. The minimum Gasteiger partial charge on any atom is -0.482 e. The van der Waals surface area contributed by atoms with Crippen LogP contribution in [-0.2, 0) is 0 Å². The van der Waals surface area contributed by atoms with Gasteiger partial charge in [-0.3, -0.25) is 9.36 Å². The smallest absolute Gasteiger partial charge is 0.255 e. The van der Waals surface area contributed by atoms with Crippen molar-refractivity contribution < 1.29 is 4.74 Å². The van der Waals surface area contributed by atoms with Crippen LogP contribution in [0.15, 0.2) is 53.5 Å². The van der Waals surface area contributed by atoms with Crippen LogP contribution in [0.4, 0.5) is 0 Å². The molecule has 0 N–H and O–H groups in total. The SMILES string of the molecule is CCC1(CC)C=C(n2ccccc2=O)c2cc(C#N)ccc2O1. The summed E-state index contributed by atoms with van der Waals surface area (Å²) in [4.78, 5) is 12.3. The molecule has 1 aromatic heterocycles. The van der Waals surface area contributed by atoms with Crippen LogP contribution in [0.5, 0.6) is 5.75 Å². The summed E-state index contributed by atoms with van der Waals surface area (Å²) in [6.45, 7) is 4.14. The van der Waals surface area contributed by atoms with Gasteiger partial charge in [-0.1, -0.05) is 19.9 Å². The number of benzene rings is 1. The zero-order valence-electron chi connectivity index (χ0n) is 13.2. The summed E-state index contributed by atoms with van der Waals surface area (Å²) in [6.07, 6.45) is 5.36. The van der Waals surface area contributed by atoms with E-state index in [0.29, 0.717) is 11.3 Å². The summed E-state index contributed by atoms with van der Waals surface area (Å²) in [5.41, 5.74) is 1.55. The molecule has 0 saturated carbocycles. The first-order valence-corrected chi connectivity index (χ1v) is 7.77. The Bertz CT molecular complexity index is 867. The molecule has 23 heavy (non-hydrogen) atoms. The van der Waals surface area contributed by atoms with Crippen LogP contribution in [0, 0.1) is 11.3 Å². The molecule has 0 fully saturated rings. The van der Waals surface area contributed by atoms with Gasteiger partial charge in [-0.15, -0.1) is 0 Å². The van der Waals surface area contributed by atoms with E-state index in [1.165, 1.54) is 6.07 Å². The molecule has 2 aromatic rings. The molecule has 1 aromatic carbocycles. The maximum atomic E-state index is 12.3. The van der Waals surface area contributed by atoms with E-state index in [2.05, 4.69) is 19.9 Å².